The number of carbonyl (C=O) groups excluding carboxylic acids is 1. The lowest BCUT2D eigenvalue weighted by molar-refractivity contribution is 0.102. The normalized spacial score (nSPS) is 14.3. The molecule has 1 N–H and O–H groups in total. The SMILES string of the molecule is COc1ccc(N2CCOCC2)c(NC(=O)c2cccc(Br)c2)c1. The third-order valence-corrected chi connectivity index (χ3v) is 4.38. The second-order valence-electron chi connectivity index (χ2n) is 5.45. The van der Waals surface area contributed by atoms with Crippen LogP contribution >= 0.6 is 15.9 Å². The van der Waals surface area contributed by atoms with Gasteiger partial charge in [-0.3, -0.25) is 4.79 Å². The number of amides is 1. The summed E-state index contributed by atoms with van der Waals surface area (Å²) in [6, 6.07) is 13.0. The molecule has 0 unspecified atom stereocenters. The molecule has 126 valence electrons. The summed E-state index contributed by atoms with van der Waals surface area (Å²) in [6.45, 7) is 2.97. The van der Waals surface area contributed by atoms with Crippen LogP contribution in [0.5, 0.6) is 5.75 Å². The fourth-order valence-corrected chi connectivity index (χ4v) is 3.05. The van der Waals surface area contributed by atoms with E-state index in [1.165, 1.54) is 0 Å². The lowest BCUT2D eigenvalue weighted by atomic mass is 10.1. The van der Waals surface area contributed by atoms with Gasteiger partial charge in [-0.1, -0.05) is 22.0 Å². The van der Waals surface area contributed by atoms with Crippen LogP contribution in [0, 0.1) is 0 Å². The number of nitrogens with zero attached hydrogens (tertiary/aromatic N) is 1. The Labute approximate surface area is 149 Å². The number of nitrogens with one attached hydrogen (secondary N) is 1. The van der Waals surface area contributed by atoms with Gasteiger partial charge in [-0.2, -0.15) is 0 Å². The molecule has 0 radical (unpaired) electrons. The van der Waals surface area contributed by atoms with E-state index >= 15 is 0 Å². The van der Waals surface area contributed by atoms with Crippen LogP contribution in [0.15, 0.2) is 46.9 Å². The summed E-state index contributed by atoms with van der Waals surface area (Å²) >= 11 is 3.39. The molecular weight excluding hydrogens is 372 g/mol. The molecule has 2 aromatic rings. The van der Waals surface area contributed by atoms with Crippen molar-refractivity contribution in [2.45, 2.75) is 0 Å². The van der Waals surface area contributed by atoms with Crippen LogP contribution in [0.1, 0.15) is 10.4 Å². The summed E-state index contributed by atoms with van der Waals surface area (Å²) < 4.78 is 11.6. The molecule has 1 aliphatic heterocycles. The zero-order valence-electron chi connectivity index (χ0n) is 13.4. The lowest BCUT2D eigenvalue weighted by Gasteiger charge is -2.30. The van der Waals surface area contributed by atoms with Crippen molar-refractivity contribution in [3.05, 3.63) is 52.5 Å². The summed E-state index contributed by atoms with van der Waals surface area (Å²) in [4.78, 5) is 14.8. The van der Waals surface area contributed by atoms with Gasteiger partial charge in [0.05, 0.1) is 31.7 Å². The zero-order chi connectivity index (χ0) is 16.9. The van der Waals surface area contributed by atoms with Crippen LogP contribution < -0.4 is 15.0 Å². The van der Waals surface area contributed by atoms with Gasteiger partial charge in [0.1, 0.15) is 5.75 Å². The minimum atomic E-state index is -0.154. The third kappa shape index (κ3) is 3.88. The Hall–Kier alpha value is -2.05. The van der Waals surface area contributed by atoms with Crippen LogP contribution in [-0.4, -0.2) is 39.3 Å². The Balaban J connectivity index is 1.88. The molecule has 6 heteroatoms. The molecule has 1 heterocycles. The van der Waals surface area contributed by atoms with E-state index < -0.39 is 0 Å². The van der Waals surface area contributed by atoms with Crippen LogP contribution in [0.3, 0.4) is 0 Å². The molecule has 0 saturated carbocycles. The molecule has 1 aliphatic rings. The first-order valence-electron chi connectivity index (χ1n) is 7.75. The highest BCUT2D eigenvalue weighted by Gasteiger charge is 2.17. The summed E-state index contributed by atoms with van der Waals surface area (Å²) in [5.41, 5.74) is 2.31. The molecule has 1 amide bonds. The molecule has 1 fully saturated rings. The van der Waals surface area contributed by atoms with E-state index in [4.69, 9.17) is 9.47 Å². The predicted octanol–water partition coefficient (Wildman–Crippen LogP) is 3.55. The summed E-state index contributed by atoms with van der Waals surface area (Å²) in [6.07, 6.45) is 0. The summed E-state index contributed by atoms with van der Waals surface area (Å²) in [7, 11) is 1.61. The molecule has 0 atom stereocenters. The molecule has 24 heavy (non-hydrogen) atoms. The maximum absolute atomic E-state index is 12.6. The minimum Gasteiger partial charge on any atom is -0.497 e. The summed E-state index contributed by atoms with van der Waals surface area (Å²) in [5.74, 6) is 0.551. The number of hydrogen-bond acceptors (Lipinski definition) is 4. The fraction of sp³-hybridized carbons (Fsp3) is 0.278. The van der Waals surface area contributed by atoms with Crippen LogP contribution in [0.4, 0.5) is 11.4 Å². The Morgan fingerprint density at radius 2 is 2.00 bits per heavy atom. The maximum atomic E-state index is 12.6. The number of hydrogen-bond donors (Lipinski definition) is 1. The van der Waals surface area contributed by atoms with Crippen molar-refractivity contribution < 1.29 is 14.3 Å². The van der Waals surface area contributed by atoms with E-state index in [0.717, 1.165) is 28.9 Å². The van der Waals surface area contributed by atoms with E-state index in [0.29, 0.717) is 24.5 Å². The summed E-state index contributed by atoms with van der Waals surface area (Å²) in [5, 5.41) is 3.00. The van der Waals surface area contributed by atoms with E-state index in [9.17, 15) is 4.79 Å². The first-order chi connectivity index (χ1) is 11.7. The van der Waals surface area contributed by atoms with Gasteiger partial charge in [0, 0.05) is 29.2 Å². The minimum absolute atomic E-state index is 0.154. The van der Waals surface area contributed by atoms with Crippen LogP contribution in [-0.2, 0) is 4.74 Å². The molecule has 3 rings (SSSR count). The van der Waals surface area contributed by atoms with Crippen molar-refractivity contribution in [3.8, 4) is 5.75 Å². The third-order valence-electron chi connectivity index (χ3n) is 3.89. The molecule has 5 nitrogen and oxygen atoms in total. The van der Waals surface area contributed by atoms with Crippen molar-refractivity contribution in [2.24, 2.45) is 0 Å². The van der Waals surface area contributed by atoms with Crippen molar-refractivity contribution >= 4 is 33.2 Å². The molecule has 0 spiro atoms. The van der Waals surface area contributed by atoms with Gasteiger partial charge in [-0.05, 0) is 30.3 Å². The Kier molecular flexibility index (Phi) is 5.37. The number of carbonyl (C=O) groups is 1. The Morgan fingerprint density at radius 3 is 2.71 bits per heavy atom. The number of morpholine rings is 1. The van der Waals surface area contributed by atoms with Gasteiger partial charge in [0.15, 0.2) is 0 Å². The van der Waals surface area contributed by atoms with Gasteiger partial charge in [0.2, 0.25) is 0 Å². The number of ether oxygens (including phenoxy) is 2. The first-order valence-corrected chi connectivity index (χ1v) is 8.54. The number of methoxy groups -OCH3 is 1. The van der Waals surface area contributed by atoms with Gasteiger partial charge in [-0.15, -0.1) is 0 Å². The van der Waals surface area contributed by atoms with E-state index in [1.807, 2.05) is 30.3 Å². The monoisotopic (exact) mass is 390 g/mol. The largest absolute Gasteiger partial charge is 0.497 e. The second-order valence-corrected chi connectivity index (χ2v) is 6.36. The predicted molar refractivity (Wildman–Crippen MR) is 98.1 cm³/mol. The van der Waals surface area contributed by atoms with Crippen LogP contribution in [0.2, 0.25) is 0 Å². The van der Waals surface area contributed by atoms with Gasteiger partial charge in [0.25, 0.3) is 5.91 Å². The number of rotatable bonds is 4. The van der Waals surface area contributed by atoms with Crippen molar-refractivity contribution in [2.75, 3.05) is 43.6 Å². The van der Waals surface area contributed by atoms with E-state index in [1.54, 1.807) is 19.2 Å². The van der Waals surface area contributed by atoms with Gasteiger partial charge < -0.3 is 19.7 Å². The standard InChI is InChI=1S/C18H19BrN2O3/c1-23-15-5-6-17(21-7-9-24-10-8-21)16(12-15)20-18(22)13-3-2-4-14(19)11-13/h2-6,11-12H,7-10H2,1H3,(H,20,22). The molecule has 0 aromatic heterocycles. The van der Waals surface area contributed by atoms with Crippen molar-refractivity contribution in [3.63, 3.8) is 0 Å². The lowest BCUT2D eigenvalue weighted by Crippen LogP contribution is -2.36. The van der Waals surface area contributed by atoms with Crippen molar-refractivity contribution in [1.29, 1.82) is 0 Å². The fourth-order valence-electron chi connectivity index (χ4n) is 2.65. The molecule has 0 bridgehead atoms. The van der Waals surface area contributed by atoms with E-state index in [-0.39, 0.29) is 5.91 Å². The van der Waals surface area contributed by atoms with E-state index in [2.05, 4.69) is 26.1 Å². The highest BCUT2D eigenvalue weighted by molar-refractivity contribution is 9.10. The van der Waals surface area contributed by atoms with Crippen molar-refractivity contribution in [1.82, 2.24) is 0 Å². The Morgan fingerprint density at radius 1 is 1.21 bits per heavy atom. The maximum Gasteiger partial charge on any atom is 0.255 e. The average molecular weight is 391 g/mol. The second kappa shape index (κ2) is 7.68. The van der Waals surface area contributed by atoms with Crippen LogP contribution in [0.25, 0.3) is 0 Å². The van der Waals surface area contributed by atoms with Gasteiger partial charge >= 0.3 is 0 Å². The Bertz CT molecular complexity index is 730. The molecular formula is C18H19BrN2O3. The highest BCUT2D eigenvalue weighted by Crippen LogP contribution is 2.31. The molecule has 1 saturated heterocycles. The number of benzene rings is 2. The quantitative estimate of drug-likeness (QED) is 0.866. The zero-order valence-corrected chi connectivity index (χ0v) is 15.0. The number of halogens is 1. The first kappa shape index (κ1) is 16.8. The van der Waals surface area contributed by atoms with Gasteiger partial charge in [-0.25, -0.2) is 0 Å². The smallest absolute Gasteiger partial charge is 0.255 e. The molecule has 2 aromatic carbocycles. The highest BCUT2D eigenvalue weighted by atomic mass is 79.9. The number of anilines is 2. The average Bonchev–Trinajstić information content (AvgIpc) is 2.62. The molecule has 0 aliphatic carbocycles. The topological polar surface area (TPSA) is 50.8 Å².